The van der Waals surface area contributed by atoms with Gasteiger partial charge >= 0.3 is 11.6 Å². The molecule has 0 radical (unpaired) electrons. The Labute approximate surface area is 226 Å². The third kappa shape index (κ3) is 6.91. The molecule has 1 aliphatic carbocycles. The number of ether oxygens (including phenoxy) is 1. The van der Waals surface area contributed by atoms with E-state index in [9.17, 15) is 9.59 Å². The molecule has 5 nitrogen and oxygen atoms in total. The molecule has 5 heteroatoms. The van der Waals surface area contributed by atoms with Crippen molar-refractivity contribution in [1.82, 2.24) is 0 Å². The molecule has 0 unspecified atom stereocenters. The minimum absolute atomic E-state index is 0.0439. The average Bonchev–Trinajstić information content (AvgIpc) is 3.08. The molecule has 1 atom stereocenters. The van der Waals surface area contributed by atoms with E-state index >= 15 is 0 Å². The summed E-state index contributed by atoms with van der Waals surface area (Å²) in [7, 11) is 1.39. The molecule has 3 rings (SSSR count). The third-order valence-corrected chi connectivity index (χ3v) is 6.74. The molecule has 0 saturated heterocycles. The van der Waals surface area contributed by atoms with E-state index in [1.807, 2.05) is 49.4 Å². The number of anilines is 1. The van der Waals surface area contributed by atoms with Gasteiger partial charge in [-0.3, -0.25) is 0 Å². The molecular weight excluding hydrogens is 474 g/mol. The number of carbonyl (C=O) groups is 1. The average molecular weight is 514 g/mol. The number of methoxy groups -OCH3 is 1. The molecule has 0 aliphatic heterocycles. The number of benzene rings is 1. The zero-order valence-corrected chi connectivity index (χ0v) is 23.3. The summed E-state index contributed by atoms with van der Waals surface area (Å²) in [6.07, 6.45) is 17.9. The molecule has 1 aromatic heterocycles. The number of rotatable bonds is 10. The van der Waals surface area contributed by atoms with Gasteiger partial charge in [-0.15, -0.1) is 0 Å². The minimum atomic E-state index is -0.358. The maximum Gasteiger partial charge on any atom is 0.343 e. The van der Waals surface area contributed by atoms with Crippen molar-refractivity contribution in [3.8, 4) is 0 Å². The van der Waals surface area contributed by atoms with E-state index in [4.69, 9.17) is 9.15 Å². The number of nitrogens with zero attached hydrogens (tertiary/aromatic N) is 1. The standard InChI is InChI=1S/C33H39NO4/c1-7-11-25(21-26-12-10-13-27(20-23(26)4)32(35)37-6)14-16-30-24(5)29-17-15-28(22-31(29)38-33(30)36)34(18-8-2)19-9-3/h7,10-11,13-17,20-23H,1,8-9,12,18-19H2,2-6H3/b16-14+,25-11-,26-21+/t23-/m0/s1. The van der Waals surface area contributed by atoms with E-state index < -0.39 is 0 Å². The summed E-state index contributed by atoms with van der Waals surface area (Å²) in [6.45, 7) is 14.1. The second kappa shape index (κ2) is 13.6. The van der Waals surface area contributed by atoms with Gasteiger partial charge in [0.25, 0.3) is 0 Å². The maximum absolute atomic E-state index is 13.0. The molecule has 200 valence electrons. The summed E-state index contributed by atoms with van der Waals surface area (Å²) < 4.78 is 10.7. The van der Waals surface area contributed by atoms with Crippen LogP contribution in [0.1, 0.15) is 51.2 Å². The zero-order valence-electron chi connectivity index (χ0n) is 23.3. The summed E-state index contributed by atoms with van der Waals surface area (Å²) in [4.78, 5) is 27.3. The van der Waals surface area contributed by atoms with Gasteiger partial charge in [-0.25, -0.2) is 9.59 Å². The summed E-state index contributed by atoms with van der Waals surface area (Å²) >= 11 is 0. The van der Waals surface area contributed by atoms with Gasteiger partial charge in [-0.1, -0.05) is 75.5 Å². The summed E-state index contributed by atoms with van der Waals surface area (Å²) in [5.41, 5.74) is 5.32. The predicted octanol–water partition coefficient (Wildman–Crippen LogP) is 7.48. The molecule has 1 aliphatic rings. The second-order valence-electron chi connectivity index (χ2n) is 9.56. The van der Waals surface area contributed by atoms with Gasteiger partial charge in [0.2, 0.25) is 0 Å². The van der Waals surface area contributed by atoms with Crippen LogP contribution < -0.4 is 10.5 Å². The monoisotopic (exact) mass is 513 g/mol. The molecule has 0 saturated carbocycles. The van der Waals surface area contributed by atoms with Crippen molar-refractivity contribution in [2.75, 3.05) is 25.1 Å². The molecule has 0 amide bonds. The van der Waals surface area contributed by atoms with Crippen LogP contribution in [0.4, 0.5) is 5.69 Å². The highest BCUT2D eigenvalue weighted by Crippen LogP contribution is 2.27. The van der Waals surface area contributed by atoms with Crippen molar-refractivity contribution in [1.29, 1.82) is 0 Å². The number of esters is 1. The van der Waals surface area contributed by atoms with Crippen molar-refractivity contribution in [2.24, 2.45) is 5.92 Å². The number of hydrogen-bond donors (Lipinski definition) is 0. The lowest BCUT2D eigenvalue weighted by atomic mass is 9.95. The van der Waals surface area contributed by atoms with Crippen molar-refractivity contribution in [3.05, 3.63) is 106 Å². The molecule has 1 heterocycles. The first-order valence-electron chi connectivity index (χ1n) is 13.3. The highest BCUT2D eigenvalue weighted by molar-refractivity contribution is 5.91. The number of carbonyl (C=O) groups excluding carboxylic acids is 1. The topological polar surface area (TPSA) is 59.8 Å². The Hall–Kier alpha value is -3.86. The van der Waals surface area contributed by atoms with E-state index in [2.05, 4.69) is 44.4 Å². The molecular formula is C33H39NO4. The van der Waals surface area contributed by atoms with Crippen LogP contribution in [0.25, 0.3) is 17.0 Å². The van der Waals surface area contributed by atoms with Crippen molar-refractivity contribution in [3.63, 3.8) is 0 Å². The Balaban J connectivity index is 1.95. The summed E-state index contributed by atoms with van der Waals surface area (Å²) in [5.74, 6) is -0.299. The Morgan fingerprint density at radius 2 is 1.97 bits per heavy atom. The highest BCUT2D eigenvalue weighted by atomic mass is 16.5. The zero-order chi connectivity index (χ0) is 27.7. The molecule has 0 N–H and O–H groups in total. The van der Waals surface area contributed by atoms with Crippen LogP contribution in [-0.2, 0) is 9.53 Å². The van der Waals surface area contributed by atoms with Crippen molar-refractivity contribution < 1.29 is 13.9 Å². The van der Waals surface area contributed by atoms with Crippen LogP contribution in [0.5, 0.6) is 0 Å². The van der Waals surface area contributed by atoms with Crippen molar-refractivity contribution in [2.45, 2.75) is 47.0 Å². The van der Waals surface area contributed by atoms with Crippen LogP contribution in [0, 0.1) is 12.8 Å². The normalized spacial score (nSPS) is 17.1. The molecule has 0 spiro atoms. The van der Waals surface area contributed by atoms with Crippen LogP contribution >= 0.6 is 0 Å². The van der Waals surface area contributed by atoms with Gasteiger partial charge in [-0.2, -0.15) is 0 Å². The smallest absolute Gasteiger partial charge is 0.343 e. The molecule has 0 bridgehead atoms. The lowest BCUT2D eigenvalue weighted by molar-refractivity contribution is -0.135. The highest BCUT2D eigenvalue weighted by Gasteiger charge is 2.15. The van der Waals surface area contributed by atoms with Gasteiger partial charge in [0, 0.05) is 30.2 Å². The molecule has 1 aromatic carbocycles. The minimum Gasteiger partial charge on any atom is -0.465 e. The lowest BCUT2D eigenvalue weighted by Crippen LogP contribution is -2.24. The fraction of sp³-hybridized carbons (Fsp3) is 0.333. The predicted molar refractivity (Wildman–Crippen MR) is 158 cm³/mol. The van der Waals surface area contributed by atoms with Crippen LogP contribution in [0.15, 0.2) is 93.2 Å². The Morgan fingerprint density at radius 1 is 1.24 bits per heavy atom. The fourth-order valence-electron chi connectivity index (χ4n) is 4.72. The van der Waals surface area contributed by atoms with Crippen LogP contribution in [-0.4, -0.2) is 26.2 Å². The van der Waals surface area contributed by atoms with E-state index in [-0.39, 0.29) is 17.5 Å². The first kappa shape index (κ1) is 28.7. The van der Waals surface area contributed by atoms with Gasteiger partial charge in [0.1, 0.15) is 5.58 Å². The van der Waals surface area contributed by atoms with Crippen LogP contribution in [0.2, 0.25) is 0 Å². The first-order chi connectivity index (χ1) is 18.3. The summed E-state index contributed by atoms with van der Waals surface area (Å²) in [6, 6.07) is 6.14. The fourth-order valence-corrected chi connectivity index (χ4v) is 4.72. The van der Waals surface area contributed by atoms with Gasteiger partial charge < -0.3 is 14.1 Å². The van der Waals surface area contributed by atoms with Crippen LogP contribution in [0.3, 0.4) is 0 Å². The number of allylic oxidation sites excluding steroid dienone is 8. The van der Waals surface area contributed by atoms with E-state index in [1.165, 1.54) is 7.11 Å². The lowest BCUT2D eigenvalue weighted by Gasteiger charge is -2.24. The second-order valence-corrected chi connectivity index (χ2v) is 9.56. The van der Waals surface area contributed by atoms with Gasteiger partial charge in [0.15, 0.2) is 0 Å². The number of aryl methyl sites for hydroxylation is 1. The first-order valence-corrected chi connectivity index (χ1v) is 13.3. The van der Waals surface area contributed by atoms with Gasteiger partial charge in [0.05, 0.1) is 18.2 Å². The Bertz CT molecular complexity index is 1380. The third-order valence-electron chi connectivity index (χ3n) is 6.74. The van der Waals surface area contributed by atoms with E-state index in [1.54, 1.807) is 12.2 Å². The molecule has 2 aromatic rings. The largest absolute Gasteiger partial charge is 0.465 e. The van der Waals surface area contributed by atoms with Crippen molar-refractivity contribution >= 4 is 28.7 Å². The Morgan fingerprint density at radius 3 is 2.63 bits per heavy atom. The maximum atomic E-state index is 13.0. The summed E-state index contributed by atoms with van der Waals surface area (Å²) in [5, 5.41) is 0.927. The Kier molecular flexibility index (Phi) is 10.3. The number of hydrogen-bond acceptors (Lipinski definition) is 5. The molecule has 38 heavy (non-hydrogen) atoms. The van der Waals surface area contributed by atoms with E-state index in [0.717, 1.165) is 53.7 Å². The SMILES string of the molecule is C=C/C=C(/C=C/c1c(C)c2ccc(N(CCC)CCC)cc2oc1=O)\C=C1/CC=CC(C(=O)OC)=C[C@@H]1C. The van der Waals surface area contributed by atoms with Gasteiger partial charge in [-0.05, 0) is 61.4 Å². The quantitative estimate of drug-likeness (QED) is 0.187. The molecule has 0 fully saturated rings. The van der Waals surface area contributed by atoms with E-state index in [0.29, 0.717) is 23.1 Å². The number of fused-ring (bicyclic) bond motifs is 1.